The number of H-pyrrole nitrogens is 1. The van der Waals surface area contributed by atoms with E-state index in [0.29, 0.717) is 12.4 Å². The van der Waals surface area contributed by atoms with E-state index in [2.05, 4.69) is 24.8 Å². The van der Waals surface area contributed by atoms with E-state index in [1.807, 2.05) is 13.1 Å². The Kier molecular flexibility index (Phi) is 4.34. The highest BCUT2D eigenvalue weighted by atomic mass is 32.1. The second-order valence-electron chi connectivity index (χ2n) is 6.25. The Hall–Kier alpha value is -1.77. The molecule has 0 aliphatic carbocycles. The molecule has 0 aromatic carbocycles. The van der Waals surface area contributed by atoms with Gasteiger partial charge >= 0.3 is 0 Å². The average molecular weight is 347 g/mol. The fourth-order valence-electron chi connectivity index (χ4n) is 3.23. The molecule has 24 heavy (non-hydrogen) atoms. The lowest BCUT2D eigenvalue weighted by Gasteiger charge is -2.27. The third kappa shape index (κ3) is 3.22. The Bertz CT molecular complexity index is 781. The number of morpholine rings is 1. The summed E-state index contributed by atoms with van der Waals surface area (Å²) >= 11 is 1.74. The summed E-state index contributed by atoms with van der Waals surface area (Å²) in [5.41, 5.74) is 1.76. The van der Waals surface area contributed by atoms with Crippen LogP contribution in [-0.2, 0) is 24.2 Å². The van der Waals surface area contributed by atoms with Crippen molar-refractivity contribution >= 4 is 16.5 Å². The Balaban J connectivity index is 1.45. The Labute approximate surface area is 144 Å². The van der Waals surface area contributed by atoms with Crippen LogP contribution < -0.4 is 10.5 Å². The number of nitrogens with one attached hydrogen (secondary N) is 1. The van der Waals surface area contributed by atoms with Crippen LogP contribution in [0.15, 0.2) is 11.0 Å². The molecule has 2 aliphatic heterocycles. The first-order valence-electron chi connectivity index (χ1n) is 8.27. The molecule has 4 rings (SSSR count). The van der Waals surface area contributed by atoms with Gasteiger partial charge in [-0.15, -0.1) is 11.3 Å². The van der Waals surface area contributed by atoms with Crippen LogP contribution in [-0.4, -0.2) is 52.7 Å². The van der Waals surface area contributed by atoms with Crippen molar-refractivity contribution in [3.05, 3.63) is 38.5 Å². The first-order valence-corrected chi connectivity index (χ1v) is 9.09. The number of rotatable bonds is 3. The van der Waals surface area contributed by atoms with Crippen LogP contribution in [0.5, 0.6) is 0 Å². The largest absolute Gasteiger partial charge is 0.378 e. The SMILES string of the molecule is Cc1nc2c(c(=O)[nH]1)CN(Cc1cnc(N3CCOCC3)s1)CC2. The minimum absolute atomic E-state index is 0.000473. The maximum atomic E-state index is 12.1. The zero-order valence-corrected chi connectivity index (χ0v) is 14.6. The zero-order valence-electron chi connectivity index (χ0n) is 13.7. The average Bonchev–Trinajstić information content (AvgIpc) is 3.05. The minimum atomic E-state index is 0.000473. The van der Waals surface area contributed by atoms with Crippen LogP contribution in [0, 0.1) is 6.92 Å². The van der Waals surface area contributed by atoms with Crippen molar-refractivity contribution in [1.29, 1.82) is 0 Å². The number of hydrogen-bond donors (Lipinski definition) is 1. The Morgan fingerprint density at radius 1 is 1.33 bits per heavy atom. The highest BCUT2D eigenvalue weighted by molar-refractivity contribution is 7.15. The van der Waals surface area contributed by atoms with Crippen LogP contribution >= 0.6 is 11.3 Å². The molecule has 128 valence electrons. The van der Waals surface area contributed by atoms with E-state index < -0.39 is 0 Å². The molecule has 4 heterocycles. The van der Waals surface area contributed by atoms with E-state index in [-0.39, 0.29) is 5.56 Å². The lowest BCUT2D eigenvalue weighted by molar-refractivity contribution is 0.122. The van der Waals surface area contributed by atoms with Crippen molar-refractivity contribution in [2.75, 3.05) is 37.7 Å². The first kappa shape index (κ1) is 15.7. The van der Waals surface area contributed by atoms with Gasteiger partial charge in [-0.2, -0.15) is 0 Å². The van der Waals surface area contributed by atoms with Crippen molar-refractivity contribution in [3.8, 4) is 0 Å². The van der Waals surface area contributed by atoms with Crippen molar-refractivity contribution in [1.82, 2.24) is 19.9 Å². The zero-order chi connectivity index (χ0) is 16.5. The number of aromatic nitrogens is 3. The van der Waals surface area contributed by atoms with Gasteiger partial charge in [-0.25, -0.2) is 9.97 Å². The summed E-state index contributed by atoms with van der Waals surface area (Å²) in [5.74, 6) is 0.699. The molecule has 0 amide bonds. The number of aromatic amines is 1. The van der Waals surface area contributed by atoms with Crippen LogP contribution in [0.1, 0.15) is 22.0 Å². The molecule has 0 bridgehead atoms. The van der Waals surface area contributed by atoms with Gasteiger partial charge in [-0.3, -0.25) is 9.69 Å². The highest BCUT2D eigenvalue weighted by Crippen LogP contribution is 2.25. The fourth-order valence-corrected chi connectivity index (χ4v) is 4.24. The summed E-state index contributed by atoms with van der Waals surface area (Å²) < 4.78 is 5.39. The van der Waals surface area contributed by atoms with Gasteiger partial charge in [0.1, 0.15) is 5.82 Å². The smallest absolute Gasteiger partial charge is 0.255 e. The van der Waals surface area contributed by atoms with E-state index >= 15 is 0 Å². The van der Waals surface area contributed by atoms with Crippen molar-refractivity contribution < 1.29 is 4.74 Å². The minimum Gasteiger partial charge on any atom is -0.378 e. The molecule has 2 aromatic rings. The number of fused-ring (bicyclic) bond motifs is 1. The lowest BCUT2D eigenvalue weighted by atomic mass is 10.1. The van der Waals surface area contributed by atoms with Crippen LogP contribution in [0.2, 0.25) is 0 Å². The van der Waals surface area contributed by atoms with Gasteiger partial charge in [0.15, 0.2) is 5.13 Å². The standard InChI is InChI=1S/C16H21N5O2S/c1-11-18-14-2-3-20(10-13(14)15(22)19-11)9-12-8-17-16(24-12)21-4-6-23-7-5-21/h8H,2-7,9-10H2,1H3,(H,18,19,22). The lowest BCUT2D eigenvalue weighted by Crippen LogP contribution is -2.36. The number of thiazole rings is 1. The van der Waals surface area contributed by atoms with Gasteiger partial charge in [-0.1, -0.05) is 0 Å². The van der Waals surface area contributed by atoms with Gasteiger partial charge in [0, 0.05) is 50.2 Å². The molecule has 2 aromatic heterocycles. The molecule has 7 nitrogen and oxygen atoms in total. The van der Waals surface area contributed by atoms with Gasteiger partial charge in [0.25, 0.3) is 5.56 Å². The molecule has 0 radical (unpaired) electrons. The van der Waals surface area contributed by atoms with Crippen molar-refractivity contribution in [2.24, 2.45) is 0 Å². The monoisotopic (exact) mass is 347 g/mol. The third-order valence-corrected chi connectivity index (χ3v) is 5.51. The van der Waals surface area contributed by atoms with E-state index in [0.717, 1.165) is 62.2 Å². The van der Waals surface area contributed by atoms with Crippen LogP contribution in [0.25, 0.3) is 0 Å². The number of anilines is 1. The molecule has 1 fully saturated rings. The summed E-state index contributed by atoms with van der Waals surface area (Å²) in [5, 5.41) is 1.07. The molecule has 2 aliphatic rings. The molecular weight excluding hydrogens is 326 g/mol. The predicted octanol–water partition coefficient (Wildman–Crippen LogP) is 0.930. The fraction of sp³-hybridized carbons (Fsp3) is 0.562. The summed E-state index contributed by atoms with van der Waals surface area (Å²) in [4.78, 5) is 29.8. The topological polar surface area (TPSA) is 74.4 Å². The van der Waals surface area contributed by atoms with Crippen molar-refractivity contribution in [3.63, 3.8) is 0 Å². The molecule has 0 spiro atoms. The number of aryl methyl sites for hydroxylation is 1. The van der Waals surface area contributed by atoms with E-state index in [4.69, 9.17) is 4.74 Å². The van der Waals surface area contributed by atoms with Crippen LogP contribution in [0.3, 0.4) is 0 Å². The first-order chi connectivity index (χ1) is 11.7. The number of nitrogens with zero attached hydrogens (tertiary/aromatic N) is 4. The highest BCUT2D eigenvalue weighted by Gasteiger charge is 2.22. The second-order valence-corrected chi connectivity index (χ2v) is 7.34. The normalized spacial score (nSPS) is 18.6. The van der Waals surface area contributed by atoms with Crippen LogP contribution in [0.4, 0.5) is 5.13 Å². The number of ether oxygens (including phenoxy) is 1. The van der Waals surface area contributed by atoms with Gasteiger partial charge in [-0.05, 0) is 6.92 Å². The summed E-state index contributed by atoms with van der Waals surface area (Å²) in [6, 6.07) is 0. The second kappa shape index (κ2) is 6.62. The molecule has 8 heteroatoms. The molecule has 1 saturated heterocycles. The predicted molar refractivity (Wildman–Crippen MR) is 92.6 cm³/mol. The molecule has 1 N–H and O–H groups in total. The summed E-state index contributed by atoms with van der Waals surface area (Å²) in [6.07, 6.45) is 2.79. The number of hydrogen-bond acceptors (Lipinski definition) is 7. The van der Waals surface area contributed by atoms with Gasteiger partial charge in [0.05, 0.1) is 24.5 Å². The maximum absolute atomic E-state index is 12.1. The van der Waals surface area contributed by atoms with Gasteiger partial charge < -0.3 is 14.6 Å². The van der Waals surface area contributed by atoms with E-state index in [1.54, 1.807) is 11.3 Å². The molecule has 0 unspecified atom stereocenters. The van der Waals surface area contributed by atoms with Crippen molar-refractivity contribution in [2.45, 2.75) is 26.4 Å². The van der Waals surface area contributed by atoms with E-state index in [9.17, 15) is 4.79 Å². The Morgan fingerprint density at radius 2 is 2.17 bits per heavy atom. The quantitative estimate of drug-likeness (QED) is 0.890. The third-order valence-electron chi connectivity index (χ3n) is 4.47. The summed E-state index contributed by atoms with van der Waals surface area (Å²) in [6.45, 7) is 7.60. The van der Waals surface area contributed by atoms with Gasteiger partial charge in [0.2, 0.25) is 0 Å². The maximum Gasteiger partial charge on any atom is 0.255 e. The molecule has 0 atom stereocenters. The summed E-state index contributed by atoms with van der Waals surface area (Å²) in [7, 11) is 0. The Morgan fingerprint density at radius 3 is 3.00 bits per heavy atom. The van der Waals surface area contributed by atoms with E-state index in [1.165, 1.54) is 4.88 Å². The molecule has 0 saturated carbocycles. The molecular formula is C16H21N5O2S.